The summed E-state index contributed by atoms with van der Waals surface area (Å²) in [5.74, 6) is -0.196. The molecule has 0 saturated carbocycles. The van der Waals surface area contributed by atoms with E-state index in [9.17, 15) is 14.4 Å². The molecule has 3 rings (SSSR count). The van der Waals surface area contributed by atoms with Gasteiger partial charge in [0.1, 0.15) is 6.04 Å². The van der Waals surface area contributed by atoms with Crippen LogP contribution >= 0.6 is 11.6 Å². The van der Waals surface area contributed by atoms with Gasteiger partial charge in [-0.1, -0.05) is 36.4 Å². The third-order valence-corrected chi connectivity index (χ3v) is 6.22. The third-order valence-electron chi connectivity index (χ3n) is 5.97. The maximum atomic E-state index is 13.3. The summed E-state index contributed by atoms with van der Waals surface area (Å²) in [7, 11) is 0. The smallest absolute Gasteiger partial charge is 0.319 e. The number of anilines is 1. The van der Waals surface area contributed by atoms with Crippen LogP contribution in [-0.4, -0.2) is 47.9 Å². The predicted molar refractivity (Wildman–Crippen MR) is 140 cm³/mol. The Morgan fingerprint density at radius 3 is 2.29 bits per heavy atom. The highest BCUT2D eigenvalue weighted by atomic mass is 35.5. The number of nitrogens with one attached hydrogen (secondary N) is 3. The third kappa shape index (κ3) is 7.33. The number of amides is 4. The largest absolute Gasteiger partial charge is 0.341 e. The molecule has 0 aliphatic carbocycles. The molecule has 4 amide bonds. The monoisotopic (exact) mass is 496 g/mol. The van der Waals surface area contributed by atoms with Crippen LogP contribution in [0.5, 0.6) is 0 Å². The summed E-state index contributed by atoms with van der Waals surface area (Å²) < 4.78 is 0. The van der Waals surface area contributed by atoms with Crippen LogP contribution in [-0.2, 0) is 4.79 Å². The number of likely N-dealkylation sites (tertiary alicyclic amines) is 1. The molecule has 0 bridgehead atoms. The number of benzene rings is 2. The number of hydrogen-bond donors (Lipinski definition) is 3. The molecule has 0 radical (unpaired) electrons. The van der Waals surface area contributed by atoms with Crippen molar-refractivity contribution in [1.82, 2.24) is 15.5 Å². The van der Waals surface area contributed by atoms with Crippen LogP contribution in [0.1, 0.15) is 55.5 Å². The van der Waals surface area contributed by atoms with Crippen LogP contribution in [0.25, 0.3) is 0 Å². The van der Waals surface area contributed by atoms with E-state index in [0.29, 0.717) is 40.9 Å². The molecule has 0 unspecified atom stereocenters. The van der Waals surface area contributed by atoms with Gasteiger partial charge in [0.15, 0.2) is 0 Å². The normalized spacial score (nSPS) is 14.8. The highest BCUT2D eigenvalue weighted by Gasteiger charge is 2.30. The van der Waals surface area contributed by atoms with Gasteiger partial charge in [0, 0.05) is 35.4 Å². The van der Waals surface area contributed by atoms with Crippen molar-refractivity contribution in [2.75, 3.05) is 18.4 Å². The average Bonchev–Trinajstić information content (AvgIpc) is 2.82. The van der Waals surface area contributed by atoms with Gasteiger partial charge in [0.25, 0.3) is 5.91 Å². The van der Waals surface area contributed by atoms with E-state index in [1.807, 2.05) is 38.1 Å². The fourth-order valence-corrected chi connectivity index (χ4v) is 4.25. The molecule has 1 heterocycles. The van der Waals surface area contributed by atoms with Gasteiger partial charge in [-0.3, -0.25) is 9.59 Å². The molecule has 1 saturated heterocycles. The van der Waals surface area contributed by atoms with E-state index in [-0.39, 0.29) is 18.0 Å². The lowest BCUT2D eigenvalue weighted by Gasteiger charge is -2.34. The first-order chi connectivity index (χ1) is 16.6. The van der Waals surface area contributed by atoms with Crippen molar-refractivity contribution in [3.05, 3.63) is 76.8 Å². The Morgan fingerprint density at radius 1 is 1.03 bits per heavy atom. The van der Waals surface area contributed by atoms with E-state index >= 15 is 0 Å². The quantitative estimate of drug-likeness (QED) is 0.474. The van der Waals surface area contributed by atoms with Gasteiger partial charge in [0.05, 0.1) is 0 Å². The summed E-state index contributed by atoms with van der Waals surface area (Å²) in [4.78, 5) is 40.0. The number of piperidine rings is 1. The highest BCUT2D eigenvalue weighted by molar-refractivity contribution is 6.30. The van der Waals surface area contributed by atoms with Crippen LogP contribution in [0.2, 0.25) is 5.02 Å². The van der Waals surface area contributed by atoms with E-state index in [4.69, 9.17) is 11.6 Å². The lowest BCUT2D eigenvalue weighted by atomic mass is 9.89. The number of hydrogen-bond acceptors (Lipinski definition) is 3. The van der Waals surface area contributed by atoms with Crippen LogP contribution in [0, 0.1) is 0 Å². The minimum absolute atomic E-state index is 0.0138. The standard InChI is InChI=1S/C27H33ClN4O3/c1-17(2)24(26(34)32-14-12-20(13-15-32)19-8-10-22(28)11-9-19)31-25(33)21-6-5-7-23(16-21)30-27(35)29-18(3)4/h5-11,16,18,20,24H,1,12-15H2,2-4H3,(H,31,33)(H2,29,30,35)/t24-/m1/s1. The van der Waals surface area contributed by atoms with Crippen molar-refractivity contribution >= 4 is 35.1 Å². The zero-order chi connectivity index (χ0) is 25.5. The number of urea groups is 1. The first-order valence-electron chi connectivity index (χ1n) is 11.8. The molecule has 3 N–H and O–H groups in total. The van der Waals surface area contributed by atoms with Crippen LogP contribution in [0.4, 0.5) is 10.5 Å². The fourth-order valence-electron chi connectivity index (χ4n) is 4.13. The molecular formula is C27H33ClN4O3. The predicted octanol–water partition coefficient (Wildman–Crippen LogP) is 4.95. The molecule has 0 spiro atoms. The van der Waals surface area contributed by atoms with E-state index in [0.717, 1.165) is 12.8 Å². The molecule has 1 atom stereocenters. The van der Waals surface area contributed by atoms with Gasteiger partial charge in [-0.25, -0.2) is 4.79 Å². The average molecular weight is 497 g/mol. The van der Waals surface area contributed by atoms with Crippen LogP contribution < -0.4 is 16.0 Å². The van der Waals surface area contributed by atoms with Gasteiger partial charge in [-0.15, -0.1) is 0 Å². The number of halogens is 1. The maximum absolute atomic E-state index is 13.3. The maximum Gasteiger partial charge on any atom is 0.319 e. The van der Waals surface area contributed by atoms with Crippen LogP contribution in [0.3, 0.4) is 0 Å². The molecule has 1 fully saturated rings. The first-order valence-corrected chi connectivity index (χ1v) is 12.2. The Kier molecular flexibility index (Phi) is 8.93. The summed E-state index contributed by atoms with van der Waals surface area (Å²) >= 11 is 6.00. The van der Waals surface area contributed by atoms with Crippen LogP contribution in [0.15, 0.2) is 60.7 Å². The zero-order valence-corrected chi connectivity index (χ0v) is 21.2. The number of carbonyl (C=O) groups is 3. The fraction of sp³-hybridized carbons (Fsp3) is 0.370. The zero-order valence-electron chi connectivity index (χ0n) is 20.4. The van der Waals surface area contributed by atoms with E-state index < -0.39 is 11.9 Å². The Labute approximate surface area is 211 Å². The summed E-state index contributed by atoms with van der Waals surface area (Å²) in [5.41, 5.74) is 2.61. The molecule has 7 nitrogen and oxygen atoms in total. The number of carbonyl (C=O) groups excluding carboxylic acids is 3. The second-order valence-corrected chi connectivity index (χ2v) is 9.67. The van der Waals surface area contributed by atoms with Gasteiger partial charge < -0.3 is 20.9 Å². The lowest BCUT2D eigenvalue weighted by Crippen LogP contribution is -2.51. The van der Waals surface area contributed by atoms with Crippen molar-refractivity contribution < 1.29 is 14.4 Å². The molecule has 2 aromatic rings. The Morgan fingerprint density at radius 2 is 1.69 bits per heavy atom. The van der Waals surface area contributed by atoms with E-state index in [2.05, 4.69) is 22.5 Å². The van der Waals surface area contributed by atoms with Gasteiger partial charge in [-0.05, 0) is 81.0 Å². The van der Waals surface area contributed by atoms with Gasteiger partial charge >= 0.3 is 6.03 Å². The Balaban J connectivity index is 1.62. The minimum atomic E-state index is -0.824. The number of nitrogens with zero attached hydrogens (tertiary/aromatic N) is 1. The van der Waals surface area contributed by atoms with Crippen molar-refractivity contribution in [1.29, 1.82) is 0 Å². The SMILES string of the molecule is C=C(C)[C@@H](NC(=O)c1cccc(NC(=O)NC(C)C)c1)C(=O)N1CCC(c2ccc(Cl)cc2)CC1. The van der Waals surface area contributed by atoms with Gasteiger partial charge in [-0.2, -0.15) is 0 Å². The Hall–Kier alpha value is -3.32. The lowest BCUT2D eigenvalue weighted by molar-refractivity contribution is -0.133. The summed E-state index contributed by atoms with van der Waals surface area (Å²) in [6.07, 6.45) is 1.69. The summed E-state index contributed by atoms with van der Waals surface area (Å²) in [5, 5.41) is 8.97. The summed E-state index contributed by atoms with van der Waals surface area (Å²) in [6.45, 7) is 10.6. The number of rotatable bonds is 7. The second-order valence-electron chi connectivity index (χ2n) is 9.24. The molecule has 8 heteroatoms. The Bertz CT molecular complexity index is 1080. The minimum Gasteiger partial charge on any atom is -0.341 e. The highest BCUT2D eigenvalue weighted by Crippen LogP contribution is 2.29. The molecule has 2 aromatic carbocycles. The molecule has 0 aromatic heterocycles. The topological polar surface area (TPSA) is 90.5 Å². The molecule has 35 heavy (non-hydrogen) atoms. The van der Waals surface area contributed by atoms with Gasteiger partial charge in [0.2, 0.25) is 5.91 Å². The van der Waals surface area contributed by atoms with E-state index in [1.165, 1.54) is 5.56 Å². The molecule has 186 valence electrons. The molecular weight excluding hydrogens is 464 g/mol. The van der Waals surface area contributed by atoms with Crippen molar-refractivity contribution in [2.24, 2.45) is 0 Å². The second kappa shape index (κ2) is 11.9. The van der Waals surface area contributed by atoms with Crippen molar-refractivity contribution in [3.8, 4) is 0 Å². The molecule has 1 aliphatic heterocycles. The summed E-state index contributed by atoms with van der Waals surface area (Å²) in [6, 6.07) is 13.3. The first kappa shape index (κ1) is 26.3. The van der Waals surface area contributed by atoms with E-state index in [1.54, 1.807) is 36.1 Å². The van der Waals surface area contributed by atoms with Crippen molar-refractivity contribution in [3.63, 3.8) is 0 Å². The molecule has 1 aliphatic rings. The van der Waals surface area contributed by atoms with Crippen molar-refractivity contribution in [2.45, 2.75) is 51.6 Å².